The van der Waals surface area contributed by atoms with E-state index >= 15 is 0 Å². The number of pyridine rings is 1. The van der Waals surface area contributed by atoms with E-state index in [1.807, 2.05) is 55.5 Å². The molecule has 0 atom stereocenters. The summed E-state index contributed by atoms with van der Waals surface area (Å²) in [5, 5.41) is 8.09. The molecule has 9 rings (SSSR count). The van der Waals surface area contributed by atoms with Crippen LogP contribution in [0.4, 0.5) is 0 Å². The molecule has 0 bridgehead atoms. The molecule has 0 saturated heterocycles. The Labute approximate surface area is 306 Å². The van der Waals surface area contributed by atoms with Crippen molar-refractivity contribution in [2.75, 3.05) is 0 Å². The number of rotatable bonds is 7. The Morgan fingerprint density at radius 1 is 0.654 bits per heavy atom. The second-order valence-corrected chi connectivity index (χ2v) is 12.9. The molecule has 248 valence electrons. The van der Waals surface area contributed by atoms with E-state index in [1.54, 1.807) is 6.20 Å². The van der Waals surface area contributed by atoms with Gasteiger partial charge in [0.2, 0.25) is 0 Å². The molecule has 0 amide bonds. The second-order valence-electron chi connectivity index (χ2n) is 12.8. The Morgan fingerprint density at radius 3 is 2.21 bits per heavy atom. The summed E-state index contributed by atoms with van der Waals surface area (Å²) >= 11 is 5.87. The molecule has 0 saturated carbocycles. The van der Waals surface area contributed by atoms with Gasteiger partial charge in [0.25, 0.3) is 0 Å². The van der Waals surface area contributed by atoms with Crippen LogP contribution < -0.4 is 4.29 Å². The molecule has 4 nitrogen and oxygen atoms in total. The average molecular weight is 690 g/mol. The topological polar surface area (TPSA) is 39.9 Å². The summed E-state index contributed by atoms with van der Waals surface area (Å²) in [4.78, 5) is 9.71. The number of nitrogens with zero attached hydrogens (tertiary/aromatic N) is 3. The van der Waals surface area contributed by atoms with Gasteiger partial charge in [0, 0.05) is 22.8 Å². The van der Waals surface area contributed by atoms with E-state index in [1.165, 1.54) is 37.9 Å². The third-order valence-corrected chi connectivity index (χ3v) is 10.1. The summed E-state index contributed by atoms with van der Waals surface area (Å²) in [5.74, 6) is 1.41. The predicted octanol–water partition coefficient (Wildman–Crippen LogP) is 13.1. The molecule has 0 aliphatic rings. The van der Waals surface area contributed by atoms with Gasteiger partial charge in [-0.25, -0.2) is 4.98 Å². The van der Waals surface area contributed by atoms with Gasteiger partial charge in [-0.15, -0.1) is 0 Å². The van der Waals surface area contributed by atoms with Crippen LogP contribution in [-0.2, 0) is 0 Å². The van der Waals surface area contributed by atoms with E-state index in [0.29, 0.717) is 5.75 Å². The highest BCUT2D eigenvalue weighted by molar-refractivity contribution is 6.23. The predicted molar refractivity (Wildman–Crippen MR) is 219 cm³/mol. The highest BCUT2D eigenvalue weighted by Crippen LogP contribution is 2.44. The molecule has 0 fully saturated rings. The van der Waals surface area contributed by atoms with Crippen molar-refractivity contribution < 1.29 is 4.29 Å². The molecular weight excluding hydrogens is 658 g/mol. The van der Waals surface area contributed by atoms with Gasteiger partial charge in [0.05, 0.1) is 11.4 Å². The summed E-state index contributed by atoms with van der Waals surface area (Å²) < 4.78 is 7.36. The maximum Gasteiger partial charge on any atom is 0.172 e. The number of para-hydroxylation sites is 1. The van der Waals surface area contributed by atoms with Crippen LogP contribution in [0.25, 0.3) is 94.7 Å². The number of halogens is 1. The third kappa shape index (κ3) is 5.07. The number of hydrogen-bond donors (Lipinski definition) is 0. The number of benzene rings is 7. The van der Waals surface area contributed by atoms with Crippen LogP contribution in [0.1, 0.15) is 18.3 Å². The SMILES string of the molecule is C=Cc1c(/C=C\C)nc(-c2ccc(-c3cccc4c3ccc3c(-c5ccc(OCl)c6ncccc56)c5ccccc5cc34)cc2)n1-c1ccccc1. The molecular formula is C47H32ClN3O. The van der Waals surface area contributed by atoms with Crippen molar-refractivity contribution in [1.29, 1.82) is 0 Å². The van der Waals surface area contributed by atoms with E-state index in [4.69, 9.17) is 21.1 Å². The van der Waals surface area contributed by atoms with Crippen LogP contribution >= 0.6 is 11.9 Å². The number of fused-ring (bicyclic) bond motifs is 5. The minimum Gasteiger partial charge on any atom is -0.383 e. The monoisotopic (exact) mass is 689 g/mol. The standard InChI is InChI=1S/C47H32ClN3O/c1-3-12-42-43(4-2)51(33-14-6-5-7-15-33)47(50-42)31-22-20-30(21-23-31)34-17-10-18-36-37(34)24-25-39-41(36)29-32-13-8-9-16-35(32)45(39)38-26-27-44(52-48)46-40(38)19-11-28-49-46/h3-29H,2H2,1H3/b12-3-. The minimum atomic E-state index is 0.537. The first kappa shape index (κ1) is 31.5. The number of imidazole rings is 1. The maximum absolute atomic E-state index is 5.87. The fraction of sp³-hybridized carbons (Fsp3) is 0.0213. The lowest BCUT2D eigenvalue weighted by molar-refractivity contribution is 0.625. The van der Waals surface area contributed by atoms with Gasteiger partial charge in [0.1, 0.15) is 23.2 Å². The van der Waals surface area contributed by atoms with E-state index in [-0.39, 0.29) is 0 Å². The van der Waals surface area contributed by atoms with Crippen LogP contribution in [-0.4, -0.2) is 14.5 Å². The molecule has 0 unspecified atom stereocenters. The van der Waals surface area contributed by atoms with Crippen LogP contribution in [0.5, 0.6) is 5.75 Å². The highest BCUT2D eigenvalue weighted by atomic mass is 35.5. The molecule has 0 N–H and O–H groups in total. The normalized spacial score (nSPS) is 11.7. The minimum absolute atomic E-state index is 0.537. The quantitative estimate of drug-likeness (QED) is 0.123. The van der Waals surface area contributed by atoms with Crippen molar-refractivity contribution in [2.24, 2.45) is 0 Å². The lowest BCUT2D eigenvalue weighted by Crippen LogP contribution is -1.99. The van der Waals surface area contributed by atoms with Gasteiger partial charge in [-0.2, -0.15) is 0 Å². The van der Waals surface area contributed by atoms with Crippen molar-refractivity contribution in [1.82, 2.24) is 14.5 Å². The molecule has 0 radical (unpaired) electrons. The lowest BCUT2D eigenvalue weighted by atomic mass is 9.87. The first-order valence-corrected chi connectivity index (χ1v) is 17.6. The van der Waals surface area contributed by atoms with E-state index in [0.717, 1.165) is 56.1 Å². The Kier molecular flexibility index (Phi) is 7.87. The first-order valence-electron chi connectivity index (χ1n) is 17.3. The summed E-state index contributed by atoms with van der Waals surface area (Å²) in [7, 11) is 0. The van der Waals surface area contributed by atoms with Gasteiger partial charge in [-0.3, -0.25) is 9.55 Å². The largest absolute Gasteiger partial charge is 0.383 e. The summed E-state index contributed by atoms with van der Waals surface area (Å²) in [6, 6.07) is 49.1. The van der Waals surface area contributed by atoms with Crippen molar-refractivity contribution in [3.63, 3.8) is 0 Å². The summed E-state index contributed by atoms with van der Waals surface area (Å²) in [5.41, 5.74) is 9.21. The third-order valence-electron chi connectivity index (χ3n) is 9.92. The van der Waals surface area contributed by atoms with Crippen molar-refractivity contribution >= 4 is 67.2 Å². The molecule has 2 aromatic heterocycles. The Balaban J connectivity index is 1.22. The number of aromatic nitrogens is 3. The van der Waals surface area contributed by atoms with Gasteiger partial charge < -0.3 is 4.29 Å². The molecule has 0 spiro atoms. The summed E-state index contributed by atoms with van der Waals surface area (Å²) in [6.07, 6.45) is 7.70. The van der Waals surface area contributed by atoms with Crippen molar-refractivity contribution in [2.45, 2.75) is 6.92 Å². The highest BCUT2D eigenvalue weighted by Gasteiger charge is 2.19. The zero-order valence-electron chi connectivity index (χ0n) is 28.4. The molecule has 5 heteroatoms. The zero-order valence-corrected chi connectivity index (χ0v) is 29.2. The van der Waals surface area contributed by atoms with Gasteiger partial charge in [-0.1, -0.05) is 116 Å². The molecule has 9 aromatic rings. The lowest BCUT2D eigenvalue weighted by Gasteiger charge is -2.17. The van der Waals surface area contributed by atoms with Crippen LogP contribution in [0, 0.1) is 0 Å². The second kappa shape index (κ2) is 13.0. The smallest absolute Gasteiger partial charge is 0.172 e. The molecule has 7 aromatic carbocycles. The fourth-order valence-corrected chi connectivity index (χ4v) is 7.76. The van der Waals surface area contributed by atoms with Gasteiger partial charge in [0.15, 0.2) is 5.75 Å². The van der Waals surface area contributed by atoms with Crippen LogP contribution in [0.2, 0.25) is 0 Å². The number of hydrogen-bond acceptors (Lipinski definition) is 3. The number of allylic oxidation sites excluding steroid dienone is 1. The Hall–Kier alpha value is -6.49. The van der Waals surface area contributed by atoms with Crippen molar-refractivity contribution in [3.8, 4) is 45.1 Å². The molecule has 52 heavy (non-hydrogen) atoms. The van der Waals surface area contributed by atoms with Crippen LogP contribution in [0.3, 0.4) is 0 Å². The molecule has 2 heterocycles. The maximum atomic E-state index is 5.87. The molecule has 0 aliphatic heterocycles. The van der Waals surface area contributed by atoms with E-state index in [9.17, 15) is 0 Å². The Morgan fingerprint density at radius 2 is 1.40 bits per heavy atom. The van der Waals surface area contributed by atoms with Gasteiger partial charge >= 0.3 is 0 Å². The zero-order chi connectivity index (χ0) is 35.2. The van der Waals surface area contributed by atoms with E-state index in [2.05, 4.69) is 125 Å². The Bertz CT molecular complexity index is 2850. The van der Waals surface area contributed by atoms with Crippen molar-refractivity contribution in [3.05, 3.63) is 170 Å². The average Bonchev–Trinajstić information content (AvgIpc) is 3.58. The van der Waals surface area contributed by atoms with Crippen LogP contribution in [0.15, 0.2) is 158 Å². The van der Waals surface area contributed by atoms with E-state index < -0.39 is 0 Å². The molecule has 0 aliphatic carbocycles. The first-order chi connectivity index (χ1) is 25.7. The summed E-state index contributed by atoms with van der Waals surface area (Å²) in [6.45, 7) is 6.13. The van der Waals surface area contributed by atoms with Gasteiger partial charge in [-0.05, 0) is 110 Å². The fourth-order valence-electron chi connectivity index (χ4n) is 7.63.